The zero-order valence-corrected chi connectivity index (χ0v) is 36.0. The van der Waals surface area contributed by atoms with E-state index in [4.69, 9.17) is 22.1 Å². The Hall–Kier alpha value is -6.09. The number of allylic oxidation sites excluding steroid dienone is 3. The molecule has 1 saturated heterocycles. The third-order valence-electron chi connectivity index (χ3n) is 12.0. The normalized spacial score (nSPS) is 16.7. The third kappa shape index (κ3) is 10.5. The highest BCUT2D eigenvalue weighted by molar-refractivity contribution is 7.98. The number of benzene rings is 2. The molecule has 2 fully saturated rings. The van der Waals surface area contributed by atoms with Gasteiger partial charge in [0.05, 0.1) is 16.8 Å². The maximum Gasteiger partial charge on any atom is 0.295 e. The number of nitrogens with one attached hydrogen (secondary N) is 3. The molecule has 13 nitrogen and oxygen atoms in total. The van der Waals surface area contributed by atoms with Crippen LogP contribution in [0.4, 0.5) is 17.1 Å². The Kier molecular flexibility index (Phi) is 13.3. The highest BCUT2D eigenvalue weighted by Crippen LogP contribution is 2.55. The lowest BCUT2D eigenvalue weighted by Gasteiger charge is -2.47. The number of hydrogen-bond acceptors (Lipinski definition) is 11. The summed E-state index contributed by atoms with van der Waals surface area (Å²) in [6.45, 7) is 8.80. The number of aromatic amines is 1. The van der Waals surface area contributed by atoms with Gasteiger partial charge in [-0.25, -0.2) is 4.98 Å². The van der Waals surface area contributed by atoms with Gasteiger partial charge in [-0.2, -0.15) is 0 Å². The van der Waals surface area contributed by atoms with Gasteiger partial charge in [0, 0.05) is 97.4 Å². The highest BCUT2D eigenvalue weighted by Gasteiger charge is 2.41. The summed E-state index contributed by atoms with van der Waals surface area (Å²) in [4.78, 5) is 41.5. The van der Waals surface area contributed by atoms with Crippen molar-refractivity contribution in [3.05, 3.63) is 154 Å². The van der Waals surface area contributed by atoms with Crippen molar-refractivity contribution in [3.8, 4) is 5.75 Å². The number of amides is 1. The molecule has 5 aromatic rings. The number of carbonyl (C=O) groups is 1. The molecule has 2 aliphatic carbocycles. The monoisotopic (exact) mass is 871 g/mol. The van der Waals surface area contributed by atoms with Crippen molar-refractivity contribution >= 4 is 63.1 Å². The number of aromatic nitrogens is 3. The molecule has 2 aromatic carbocycles. The summed E-state index contributed by atoms with van der Waals surface area (Å²) in [6, 6.07) is 18.9. The maximum atomic E-state index is 13.1. The van der Waals surface area contributed by atoms with E-state index in [2.05, 4.69) is 53.5 Å². The van der Waals surface area contributed by atoms with Gasteiger partial charge in [-0.15, -0.1) is 0 Å². The van der Waals surface area contributed by atoms with E-state index in [1.807, 2.05) is 54.7 Å². The molecule has 0 atom stereocenters. The van der Waals surface area contributed by atoms with E-state index in [0.717, 1.165) is 84.8 Å². The first kappa shape index (κ1) is 42.6. The molecular formula is C47H50ClN9O4S. The minimum atomic E-state index is -0.490. The van der Waals surface area contributed by atoms with E-state index >= 15 is 0 Å². The van der Waals surface area contributed by atoms with Crippen LogP contribution < -0.4 is 20.5 Å². The molecule has 320 valence electrons. The average molecular weight is 872 g/mol. The molecule has 0 radical (unpaired) electrons. The number of fused-ring (bicyclic) bond motifs is 1. The van der Waals surface area contributed by atoms with Gasteiger partial charge in [-0.1, -0.05) is 48.4 Å². The van der Waals surface area contributed by atoms with Gasteiger partial charge in [-0.05, 0) is 115 Å². The van der Waals surface area contributed by atoms with Crippen LogP contribution in [0.5, 0.6) is 5.75 Å². The molecular weight excluding hydrogens is 822 g/mol. The SMILES string of the molecule is C=C(/C=C(\C=C/CC(=O)NSc1cc(N)c(NCc2ccncc2)c([N+](=O)[O-])c1)N1CCN(CC2=C(c3ccc(Cl)cc3)CC3(CCC3)CC2)CC1)Oc1cnc2[nH]ccc2c1. The summed E-state index contributed by atoms with van der Waals surface area (Å²) in [5, 5.41) is 16.8. The summed E-state index contributed by atoms with van der Waals surface area (Å²) in [5.74, 6) is 0.729. The van der Waals surface area contributed by atoms with Gasteiger partial charge >= 0.3 is 0 Å². The number of nitrogens with zero attached hydrogens (tertiary/aromatic N) is 5. The molecule has 0 bridgehead atoms. The third-order valence-corrected chi connectivity index (χ3v) is 13.1. The quantitative estimate of drug-likeness (QED) is 0.0186. The Labute approximate surface area is 370 Å². The molecule has 1 amide bonds. The number of ether oxygens (including phenoxy) is 1. The zero-order chi connectivity index (χ0) is 43.1. The first-order chi connectivity index (χ1) is 30.1. The lowest BCUT2D eigenvalue weighted by Crippen LogP contribution is -2.46. The average Bonchev–Trinajstić information content (AvgIpc) is 3.73. The lowest BCUT2D eigenvalue weighted by molar-refractivity contribution is -0.384. The summed E-state index contributed by atoms with van der Waals surface area (Å²) < 4.78 is 8.95. The first-order valence-corrected chi connectivity index (χ1v) is 22.1. The molecule has 4 heterocycles. The number of rotatable bonds is 16. The summed E-state index contributed by atoms with van der Waals surface area (Å²) in [7, 11) is 0. The largest absolute Gasteiger partial charge is 0.456 e. The second kappa shape index (κ2) is 19.3. The van der Waals surface area contributed by atoms with Crippen molar-refractivity contribution in [1.29, 1.82) is 0 Å². The lowest BCUT2D eigenvalue weighted by atomic mass is 9.59. The first-order valence-electron chi connectivity index (χ1n) is 20.9. The van der Waals surface area contributed by atoms with Crippen molar-refractivity contribution in [2.45, 2.75) is 56.4 Å². The van der Waals surface area contributed by atoms with Gasteiger partial charge in [0.1, 0.15) is 22.8 Å². The minimum absolute atomic E-state index is 0.0674. The van der Waals surface area contributed by atoms with Crippen molar-refractivity contribution < 1.29 is 14.5 Å². The minimum Gasteiger partial charge on any atom is -0.456 e. The summed E-state index contributed by atoms with van der Waals surface area (Å²) in [6.07, 6.45) is 20.0. The number of piperazine rings is 1. The summed E-state index contributed by atoms with van der Waals surface area (Å²) in [5.41, 5.74) is 13.8. The number of carbonyl (C=O) groups excluding carboxylic acids is 1. The molecule has 3 aromatic heterocycles. The molecule has 1 aliphatic heterocycles. The number of hydrogen-bond donors (Lipinski definition) is 4. The van der Waals surface area contributed by atoms with Gasteiger partial charge in [0.15, 0.2) is 0 Å². The summed E-state index contributed by atoms with van der Waals surface area (Å²) >= 11 is 7.27. The Bertz CT molecular complexity index is 2530. The van der Waals surface area contributed by atoms with Gasteiger partial charge in [-0.3, -0.25) is 29.5 Å². The molecule has 8 rings (SSSR count). The van der Waals surface area contributed by atoms with Crippen molar-refractivity contribution in [1.82, 2.24) is 29.5 Å². The molecule has 5 N–H and O–H groups in total. The molecule has 0 unspecified atom stereocenters. The van der Waals surface area contributed by atoms with E-state index in [1.165, 1.54) is 42.9 Å². The number of H-pyrrole nitrogens is 1. The highest BCUT2D eigenvalue weighted by atomic mass is 35.5. The van der Waals surface area contributed by atoms with Crippen LogP contribution in [0.15, 0.2) is 132 Å². The predicted molar refractivity (Wildman–Crippen MR) is 247 cm³/mol. The topological polar surface area (TPSA) is 168 Å². The predicted octanol–water partition coefficient (Wildman–Crippen LogP) is 9.69. The van der Waals surface area contributed by atoms with E-state index in [9.17, 15) is 14.9 Å². The number of nitro benzene ring substituents is 1. The fourth-order valence-corrected chi connectivity index (χ4v) is 9.34. The molecule has 15 heteroatoms. The Morgan fingerprint density at radius 3 is 2.61 bits per heavy atom. The fraction of sp³-hybridized carbons (Fsp3) is 0.298. The van der Waals surface area contributed by atoms with Crippen LogP contribution in [-0.4, -0.2) is 68.3 Å². The second-order valence-corrected chi connectivity index (χ2v) is 17.5. The van der Waals surface area contributed by atoms with Crippen molar-refractivity contribution in [3.63, 3.8) is 0 Å². The number of nitro groups is 1. The molecule has 1 spiro atoms. The van der Waals surface area contributed by atoms with Gasteiger partial charge < -0.3 is 25.7 Å². The van der Waals surface area contributed by atoms with Crippen LogP contribution in [0.1, 0.15) is 56.1 Å². The number of pyridine rings is 2. The Morgan fingerprint density at radius 2 is 1.87 bits per heavy atom. The van der Waals surface area contributed by atoms with Crippen LogP contribution in [0.3, 0.4) is 0 Å². The van der Waals surface area contributed by atoms with Gasteiger partial charge in [0.2, 0.25) is 5.91 Å². The number of halogens is 1. The molecule has 1 saturated carbocycles. The van der Waals surface area contributed by atoms with E-state index < -0.39 is 4.92 Å². The smallest absolute Gasteiger partial charge is 0.295 e. The Morgan fingerprint density at radius 1 is 1.08 bits per heavy atom. The fourth-order valence-electron chi connectivity index (χ4n) is 8.54. The Balaban J connectivity index is 0.924. The number of anilines is 2. The van der Waals surface area contributed by atoms with Crippen LogP contribution in [0.2, 0.25) is 5.02 Å². The standard InChI is InChI=1S/C47H50ClN9O4S/c1-32(61-39-25-35-13-19-51-46(35)53-30-39)24-38(4-2-5-44(58)54-62-40-26-42(49)45(43(27-40)57(59)60)52-29-33-11-17-50-18-12-33)56-22-20-55(21-23-56)31-36-10-16-47(14-3-15-47)28-41(36)34-6-8-37(48)9-7-34/h2,4,6-9,11-13,17-19,24-27,30,52H,1,3,5,10,14-16,20-23,28-29,31,49H2,(H,51,53)(H,54,58)/b4-2-,38-24+. The van der Waals surface area contributed by atoms with Crippen LogP contribution in [-0.2, 0) is 11.3 Å². The van der Waals surface area contributed by atoms with E-state index in [1.54, 1.807) is 36.3 Å². The zero-order valence-electron chi connectivity index (χ0n) is 34.4. The van der Waals surface area contributed by atoms with E-state index in [-0.39, 0.29) is 29.4 Å². The molecule has 3 aliphatic rings. The number of nitrogens with two attached hydrogens (primary N) is 1. The maximum absolute atomic E-state index is 13.1. The van der Waals surface area contributed by atoms with Crippen molar-refractivity contribution in [2.24, 2.45) is 5.41 Å². The van der Waals surface area contributed by atoms with Crippen LogP contribution in [0.25, 0.3) is 16.6 Å². The van der Waals surface area contributed by atoms with Crippen molar-refractivity contribution in [2.75, 3.05) is 43.8 Å². The molecule has 62 heavy (non-hydrogen) atoms. The number of nitrogen functional groups attached to an aromatic ring is 1. The van der Waals surface area contributed by atoms with E-state index in [0.29, 0.717) is 28.4 Å². The van der Waals surface area contributed by atoms with Gasteiger partial charge in [0.25, 0.3) is 5.69 Å². The van der Waals surface area contributed by atoms with Crippen LogP contribution >= 0.6 is 23.5 Å². The second-order valence-electron chi connectivity index (χ2n) is 16.2. The van der Waals surface area contributed by atoms with Crippen LogP contribution in [0, 0.1) is 15.5 Å².